The summed E-state index contributed by atoms with van der Waals surface area (Å²) in [5.74, 6) is 0. The van der Waals surface area contributed by atoms with Crippen LogP contribution in [0.5, 0.6) is 0 Å². The minimum Gasteiger partial charge on any atom is -0.438 e. The van der Waals surface area contributed by atoms with Gasteiger partial charge in [-0.1, -0.05) is 19.8 Å². The first-order valence-corrected chi connectivity index (χ1v) is 3.52. The maximum atomic E-state index is 10.3. The van der Waals surface area contributed by atoms with Crippen molar-refractivity contribution in [3.05, 3.63) is 0 Å². The zero-order chi connectivity index (χ0) is 7.82. The summed E-state index contributed by atoms with van der Waals surface area (Å²) >= 11 is 0. The van der Waals surface area contributed by atoms with E-state index >= 15 is 0 Å². The van der Waals surface area contributed by atoms with Crippen LogP contribution in [0.25, 0.3) is 0 Å². The highest BCUT2D eigenvalue weighted by molar-refractivity contribution is 5.59. The molecule has 3 nitrogen and oxygen atoms in total. The highest BCUT2D eigenvalue weighted by atomic mass is 16.7. The van der Waals surface area contributed by atoms with Crippen molar-refractivity contribution in [1.29, 1.82) is 0 Å². The fourth-order valence-electron chi connectivity index (χ4n) is 0.566. The molecule has 0 aliphatic carbocycles. The molecule has 0 aromatic rings. The molecular weight excluding hydrogens is 132 g/mol. The number of ether oxygens (including phenoxy) is 2. The van der Waals surface area contributed by atoms with Gasteiger partial charge in [0.05, 0.1) is 13.7 Å². The summed E-state index contributed by atoms with van der Waals surface area (Å²) < 4.78 is 8.90. The first-order chi connectivity index (χ1) is 4.81. The van der Waals surface area contributed by atoms with Crippen molar-refractivity contribution in [1.82, 2.24) is 0 Å². The van der Waals surface area contributed by atoms with Crippen molar-refractivity contribution in [2.75, 3.05) is 13.7 Å². The van der Waals surface area contributed by atoms with Crippen molar-refractivity contribution in [2.45, 2.75) is 26.2 Å². The molecule has 0 rings (SSSR count). The van der Waals surface area contributed by atoms with Crippen LogP contribution in [0.3, 0.4) is 0 Å². The summed E-state index contributed by atoms with van der Waals surface area (Å²) in [4.78, 5) is 10.3. The molecule has 0 amide bonds. The van der Waals surface area contributed by atoms with Gasteiger partial charge >= 0.3 is 6.16 Å². The molecule has 0 aliphatic rings. The Hall–Kier alpha value is -0.730. The van der Waals surface area contributed by atoms with Gasteiger partial charge in [0.1, 0.15) is 0 Å². The Morgan fingerprint density at radius 2 is 2.10 bits per heavy atom. The third-order valence-electron chi connectivity index (χ3n) is 1.13. The van der Waals surface area contributed by atoms with E-state index in [1.807, 2.05) is 0 Å². The average Bonchev–Trinajstić information content (AvgIpc) is 1.98. The second kappa shape index (κ2) is 6.39. The fraction of sp³-hybridized carbons (Fsp3) is 0.857. The van der Waals surface area contributed by atoms with E-state index < -0.39 is 6.16 Å². The van der Waals surface area contributed by atoms with Crippen LogP contribution in [0.15, 0.2) is 0 Å². The Kier molecular flexibility index (Phi) is 5.92. The van der Waals surface area contributed by atoms with Crippen molar-refractivity contribution >= 4 is 6.16 Å². The Morgan fingerprint density at radius 3 is 2.60 bits per heavy atom. The van der Waals surface area contributed by atoms with Crippen LogP contribution in [0.2, 0.25) is 0 Å². The lowest BCUT2D eigenvalue weighted by molar-refractivity contribution is 0.0714. The lowest BCUT2D eigenvalue weighted by Crippen LogP contribution is -2.04. The molecule has 0 bridgehead atoms. The molecule has 10 heavy (non-hydrogen) atoms. The van der Waals surface area contributed by atoms with Gasteiger partial charge in [-0.25, -0.2) is 4.79 Å². The normalized spacial score (nSPS) is 9.00. The second-order valence-corrected chi connectivity index (χ2v) is 2.01. The van der Waals surface area contributed by atoms with Crippen LogP contribution in [0, 0.1) is 0 Å². The topological polar surface area (TPSA) is 35.5 Å². The maximum Gasteiger partial charge on any atom is 0.507 e. The van der Waals surface area contributed by atoms with Gasteiger partial charge in [0.15, 0.2) is 0 Å². The standard InChI is InChI=1S/C7H14O3/c1-3-4-5-6-10-7(8)9-2/h3-6H2,1-2H3. The Bertz CT molecular complexity index is 90.9. The van der Waals surface area contributed by atoms with E-state index in [1.54, 1.807) is 0 Å². The number of carbonyl (C=O) groups excluding carboxylic acids is 1. The maximum absolute atomic E-state index is 10.3. The summed E-state index contributed by atoms with van der Waals surface area (Å²) in [5, 5.41) is 0. The molecule has 0 saturated heterocycles. The number of carbonyl (C=O) groups is 1. The molecule has 0 N–H and O–H groups in total. The molecule has 0 fully saturated rings. The molecule has 0 unspecified atom stereocenters. The monoisotopic (exact) mass is 146 g/mol. The summed E-state index contributed by atoms with van der Waals surface area (Å²) in [7, 11) is 1.31. The number of unbranched alkanes of at least 4 members (excludes halogenated alkanes) is 2. The molecule has 60 valence electrons. The summed E-state index contributed by atoms with van der Waals surface area (Å²) in [6, 6.07) is 0. The third kappa shape index (κ3) is 5.41. The van der Waals surface area contributed by atoms with Gasteiger partial charge in [-0.3, -0.25) is 0 Å². The van der Waals surface area contributed by atoms with Crippen molar-refractivity contribution in [3.63, 3.8) is 0 Å². The summed E-state index contributed by atoms with van der Waals surface area (Å²) in [6.45, 7) is 2.57. The number of methoxy groups -OCH3 is 1. The smallest absolute Gasteiger partial charge is 0.438 e. The highest BCUT2D eigenvalue weighted by Crippen LogP contribution is 1.94. The Labute approximate surface area is 61.3 Å². The minimum absolute atomic E-state index is 0.473. The Balaban J connectivity index is 2.96. The van der Waals surface area contributed by atoms with Crippen LogP contribution in [0.1, 0.15) is 26.2 Å². The molecule has 0 heterocycles. The number of hydrogen-bond donors (Lipinski definition) is 0. The van der Waals surface area contributed by atoms with E-state index in [4.69, 9.17) is 0 Å². The zero-order valence-corrected chi connectivity index (χ0v) is 6.55. The first-order valence-electron chi connectivity index (χ1n) is 3.52. The van der Waals surface area contributed by atoms with Crippen LogP contribution >= 0.6 is 0 Å². The predicted molar refractivity (Wildman–Crippen MR) is 37.9 cm³/mol. The lowest BCUT2D eigenvalue weighted by atomic mass is 10.3. The van der Waals surface area contributed by atoms with E-state index in [1.165, 1.54) is 7.11 Å². The molecule has 0 saturated carbocycles. The van der Waals surface area contributed by atoms with Gasteiger partial charge < -0.3 is 9.47 Å². The van der Waals surface area contributed by atoms with Crippen LogP contribution in [0.4, 0.5) is 4.79 Å². The second-order valence-electron chi connectivity index (χ2n) is 2.01. The van der Waals surface area contributed by atoms with Gasteiger partial charge in [-0.05, 0) is 6.42 Å². The molecule has 0 atom stereocenters. The molecule has 0 aliphatic heterocycles. The van der Waals surface area contributed by atoms with Crippen LogP contribution < -0.4 is 0 Å². The summed E-state index contributed by atoms with van der Waals surface area (Å²) in [6.07, 6.45) is 2.56. The van der Waals surface area contributed by atoms with Gasteiger partial charge in [0.25, 0.3) is 0 Å². The van der Waals surface area contributed by atoms with E-state index in [0.29, 0.717) is 6.61 Å². The SMILES string of the molecule is CCCCCOC(=O)OC. The molecule has 0 aromatic heterocycles. The van der Waals surface area contributed by atoms with Crippen LogP contribution in [-0.2, 0) is 9.47 Å². The van der Waals surface area contributed by atoms with Crippen molar-refractivity contribution in [2.24, 2.45) is 0 Å². The highest BCUT2D eigenvalue weighted by Gasteiger charge is 1.97. The quantitative estimate of drug-likeness (QED) is 0.449. The van der Waals surface area contributed by atoms with Crippen molar-refractivity contribution in [3.8, 4) is 0 Å². The number of rotatable bonds is 4. The van der Waals surface area contributed by atoms with E-state index in [-0.39, 0.29) is 0 Å². The van der Waals surface area contributed by atoms with E-state index in [2.05, 4.69) is 16.4 Å². The van der Waals surface area contributed by atoms with Gasteiger partial charge in [-0.2, -0.15) is 0 Å². The van der Waals surface area contributed by atoms with Gasteiger partial charge in [0.2, 0.25) is 0 Å². The molecule has 3 heteroatoms. The fourth-order valence-corrected chi connectivity index (χ4v) is 0.566. The first kappa shape index (κ1) is 9.27. The summed E-state index contributed by atoms with van der Waals surface area (Å²) in [5.41, 5.74) is 0. The van der Waals surface area contributed by atoms with E-state index in [9.17, 15) is 4.79 Å². The molecular formula is C7H14O3. The zero-order valence-electron chi connectivity index (χ0n) is 6.55. The molecule has 0 aromatic carbocycles. The predicted octanol–water partition coefficient (Wildman–Crippen LogP) is 1.96. The minimum atomic E-state index is -0.587. The van der Waals surface area contributed by atoms with Gasteiger partial charge in [0, 0.05) is 0 Å². The van der Waals surface area contributed by atoms with Gasteiger partial charge in [-0.15, -0.1) is 0 Å². The van der Waals surface area contributed by atoms with E-state index in [0.717, 1.165) is 19.3 Å². The Morgan fingerprint density at radius 1 is 1.40 bits per heavy atom. The third-order valence-corrected chi connectivity index (χ3v) is 1.13. The van der Waals surface area contributed by atoms with Crippen molar-refractivity contribution < 1.29 is 14.3 Å². The number of hydrogen-bond acceptors (Lipinski definition) is 3. The largest absolute Gasteiger partial charge is 0.507 e. The van der Waals surface area contributed by atoms with Crippen LogP contribution in [-0.4, -0.2) is 19.9 Å². The lowest BCUT2D eigenvalue weighted by Gasteiger charge is -2.00. The molecule has 0 spiro atoms. The average molecular weight is 146 g/mol. The molecule has 0 radical (unpaired) electrons.